The van der Waals surface area contributed by atoms with Gasteiger partial charge in [0.15, 0.2) is 0 Å². The summed E-state index contributed by atoms with van der Waals surface area (Å²) in [6.45, 7) is 5.56. The summed E-state index contributed by atoms with van der Waals surface area (Å²) >= 11 is 0. The maximum atomic E-state index is 12.9. The lowest BCUT2D eigenvalue weighted by Crippen LogP contribution is -2.49. The van der Waals surface area contributed by atoms with E-state index in [1.165, 1.54) is 6.07 Å². The minimum absolute atomic E-state index is 0.0728. The third kappa shape index (κ3) is 4.47. The smallest absolute Gasteiger partial charge is 0.352 e. The number of rotatable bonds is 4. The lowest BCUT2D eigenvalue weighted by molar-refractivity contribution is -0.137. The van der Waals surface area contributed by atoms with Crippen molar-refractivity contribution >= 4 is 5.91 Å². The van der Waals surface area contributed by atoms with Crippen molar-refractivity contribution in [2.24, 2.45) is 5.92 Å². The molecule has 1 heterocycles. The molecule has 1 aromatic carbocycles. The van der Waals surface area contributed by atoms with E-state index in [2.05, 4.69) is 17.6 Å². The second kappa shape index (κ2) is 7.34. The van der Waals surface area contributed by atoms with Gasteiger partial charge in [-0.15, -0.1) is 0 Å². The number of alkyl halides is 3. The van der Waals surface area contributed by atoms with Crippen LogP contribution in [0.2, 0.25) is 0 Å². The van der Waals surface area contributed by atoms with Crippen molar-refractivity contribution in [1.82, 2.24) is 10.6 Å². The predicted molar refractivity (Wildman–Crippen MR) is 83.1 cm³/mol. The molecular weight excluding hydrogens is 305 g/mol. The number of carbonyl (C=O) groups is 1. The van der Waals surface area contributed by atoms with E-state index < -0.39 is 17.7 Å². The Hall–Kier alpha value is -1.56. The molecule has 1 amide bonds. The van der Waals surface area contributed by atoms with Gasteiger partial charge in [0.1, 0.15) is 0 Å². The van der Waals surface area contributed by atoms with Crippen molar-refractivity contribution in [2.75, 3.05) is 13.1 Å². The van der Waals surface area contributed by atoms with Crippen LogP contribution in [0.4, 0.5) is 13.2 Å². The highest BCUT2D eigenvalue weighted by molar-refractivity contribution is 5.84. The Kier molecular flexibility index (Phi) is 5.68. The highest BCUT2D eigenvalue weighted by Crippen LogP contribution is 2.32. The number of benzene rings is 1. The molecule has 1 saturated heterocycles. The van der Waals surface area contributed by atoms with Crippen LogP contribution in [-0.4, -0.2) is 25.0 Å². The van der Waals surface area contributed by atoms with Gasteiger partial charge in [-0.1, -0.05) is 32.0 Å². The number of carbonyl (C=O) groups excluding carboxylic acids is 1. The van der Waals surface area contributed by atoms with Gasteiger partial charge < -0.3 is 10.6 Å². The average molecular weight is 328 g/mol. The highest BCUT2D eigenvalue weighted by atomic mass is 19.4. The Balaban J connectivity index is 2.14. The Morgan fingerprint density at radius 2 is 2.17 bits per heavy atom. The van der Waals surface area contributed by atoms with E-state index in [9.17, 15) is 18.0 Å². The molecule has 1 fully saturated rings. The van der Waals surface area contributed by atoms with Crippen LogP contribution in [0.25, 0.3) is 0 Å². The van der Waals surface area contributed by atoms with Gasteiger partial charge >= 0.3 is 6.18 Å². The second-order valence-electron chi connectivity index (χ2n) is 6.17. The number of hydrogen-bond donors (Lipinski definition) is 2. The Morgan fingerprint density at radius 1 is 1.43 bits per heavy atom. The SMILES string of the molecule is CCC(C(=O)NC1CCNCC1C)c1cccc(C(F)(F)F)c1. The first kappa shape index (κ1) is 17.8. The Morgan fingerprint density at radius 3 is 2.78 bits per heavy atom. The molecule has 6 heteroatoms. The van der Waals surface area contributed by atoms with E-state index in [0.717, 1.165) is 31.6 Å². The predicted octanol–water partition coefficient (Wildman–Crippen LogP) is 3.31. The van der Waals surface area contributed by atoms with Crippen molar-refractivity contribution in [3.05, 3.63) is 35.4 Å². The maximum Gasteiger partial charge on any atom is 0.416 e. The van der Waals surface area contributed by atoms with Gasteiger partial charge in [0.25, 0.3) is 0 Å². The largest absolute Gasteiger partial charge is 0.416 e. The Labute approximate surface area is 134 Å². The Bertz CT molecular complexity index is 545. The standard InChI is InChI=1S/C17H23F3N2O/c1-3-14(12-5-4-6-13(9-12)17(18,19)20)16(23)22-15-7-8-21-10-11(15)2/h4-6,9,11,14-15,21H,3,7-8,10H2,1-2H3,(H,22,23). The summed E-state index contributed by atoms with van der Waals surface area (Å²) in [6.07, 6.45) is -3.09. The number of hydrogen-bond acceptors (Lipinski definition) is 2. The molecule has 0 saturated carbocycles. The summed E-state index contributed by atoms with van der Waals surface area (Å²) in [5.41, 5.74) is -0.294. The quantitative estimate of drug-likeness (QED) is 0.890. The topological polar surface area (TPSA) is 41.1 Å². The maximum absolute atomic E-state index is 12.9. The van der Waals surface area contributed by atoms with E-state index in [-0.39, 0.29) is 11.9 Å². The first-order valence-corrected chi connectivity index (χ1v) is 8.01. The third-order valence-electron chi connectivity index (χ3n) is 4.45. The molecule has 2 N–H and O–H groups in total. The molecule has 23 heavy (non-hydrogen) atoms. The van der Waals surface area contributed by atoms with E-state index >= 15 is 0 Å². The molecule has 0 bridgehead atoms. The lowest BCUT2D eigenvalue weighted by atomic mass is 9.91. The van der Waals surface area contributed by atoms with E-state index in [1.807, 2.05) is 6.92 Å². The van der Waals surface area contributed by atoms with E-state index in [4.69, 9.17) is 0 Å². The summed E-state index contributed by atoms with van der Waals surface area (Å²) in [5.74, 6) is -0.434. The van der Waals surface area contributed by atoms with Gasteiger partial charge in [-0.05, 0) is 43.5 Å². The number of piperidine rings is 1. The van der Waals surface area contributed by atoms with Crippen LogP contribution in [0, 0.1) is 5.92 Å². The van der Waals surface area contributed by atoms with Gasteiger partial charge in [-0.25, -0.2) is 0 Å². The summed E-state index contributed by atoms with van der Waals surface area (Å²) in [5, 5.41) is 6.28. The molecule has 1 aliphatic heterocycles. The molecule has 3 nitrogen and oxygen atoms in total. The molecule has 3 atom stereocenters. The number of halogens is 3. The molecule has 0 radical (unpaired) electrons. The molecule has 0 aliphatic carbocycles. The van der Waals surface area contributed by atoms with Gasteiger partial charge in [0, 0.05) is 6.04 Å². The van der Waals surface area contributed by atoms with Crippen LogP contribution in [0.3, 0.4) is 0 Å². The van der Waals surface area contributed by atoms with Crippen LogP contribution in [0.5, 0.6) is 0 Å². The van der Waals surface area contributed by atoms with Gasteiger partial charge in [-0.2, -0.15) is 13.2 Å². The van der Waals surface area contributed by atoms with Crippen molar-refractivity contribution in [2.45, 2.75) is 44.8 Å². The van der Waals surface area contributed by atoms with Crippen LogP contribution < -0.4 is 10.6 Å². The fourth-order valence-electron chi connectivity index (χ4n) is 3.02. The monoisotopic (exact) mass is 328 g/mol. The lowest BCUT2D eigenvalue weighted by Gasteiger charge is -2.31. The van der Waals surface area contributed by atoms with Crippen LogP contribution >= 0.6 is 0 Å². The molecule has 128 valence electrons. The van der Waals surface area contributed by atoms with Crippen molar-refractivity contribution < 1.29 is 18.0 Å². The minimum Gasteiger partial charge on any atom is -0.352 e. The molecule has 0 aromatic heterocycles. The zero-order chi connectivity index (χ0) is 17.0. The molecule has 3 unspecified atom stereocenters. The van der Waals surface area contributed by atoms with E-state index in [0.29, 0.717) is 17.9 Å². The summed E-state index contributed by atoms with van der Waals surface area (Å²) in [4.78, 5) is 12.5. The zero-order valence-electron chi connectivity index (χ0n) is 13.4. The molecular formula is C17H23F3N2O. The first-order valence-electron chi connectivity index (χ1n) is 8.01. The first-order chi connectivity index (χ1) is 10.8. The van der Waals surface area contributed by atoms with Crippen LogP contribution in [0.1, 0.15) is 43.7 Å². The van der Waals surface area contributed by atoms with E-state index in [1.54, 1.807) is 6.07 Å². The summed E-state index contributed by atoms with van der Waals surface area (Å²) < 4.78 is 38.6. The molecule has 1 aromatic rings. The third-order valence-corrected chi connectivity index (χ3v) is 4.45. The number of nitrogens with one attached hydrogen (secondary N) is 2. The van der Waals surface area contributed by atoms with Crippen molar-refractivity contribution in [3.63, 3.8) is 0 Å². The summed E-state index contributed by atoms with van der Waals surface area (Å²) in [7, 11) is 0. The fourth-order valence-corrected chi connectivity index (χ4v) is 3.02. The molecule has 2 rings (SSSR count). The van der Waals surface area contributed by atoms with Gasteiger partial charge in [0.2, 0.25) is 5.91 Å². The minimum atomic E-state index is -4.39. The molecule has 1 aliphatic rings. The normalized spacial score (nSPS) is 23.3. The van der Waals surface area contributed by atoms with Gasteiger partial charge in [0.05, 0.1) is 11.5 Å². The molecule has 0 spiro atoms. The van der Waals surface area contributed by atoms with Crippen molar-refractivity contribution in [1.29, 1.82) is 0 Å². The second-order valence-corrected chi connectivity index (χ2v) is 6.17. The average Bonchev–Trinajstić information content (AvgIpc) is 2.50. The zero-order valence-corrected chi connectivity index (χ0v) is 13.4. The highest BCUT2D eigenvalue weighted by Gasteiger charge is 2.32. The van der Waals surface area contributed by atoms with Gasteiger partial charge in [-0.3, -0.25) is 4.79 Å². The fraction of sp³-hybridized carbons (Fsp3) is 0.588. The van der Waals surface area contributed by atoms with Crippen LogP contribution in [-0.2, 0) is 11.0 Å². The van der Waals surface area contributed by atoms with Crippen molar-refractivity contribution in [3.8, 4) is 0 Å². The number of amides is 1. The summed E-state index contributed by atoms with van der Waals surface area (Å²) in [6, 6.07) is 5.14. The van der Waals surface area contributed by atoms with Crippen LogP contribution in [0.15, 0.2) is 24.3 Å².